The Balaban J connectivity index is 4.10. The molecule has 0 heterocycles. The summed E-state index contributed by atoms with van der Waals surface area (Å²) >= 11 is 0. The van der Waals surface area contributed by atoms with E-state index in [9.17, 15) is 21.6 Å². The molecule has 1 unspecified atom stereocenters. The lowest BCUT2D eigenvalue weighted by atomic mass is 10.2. The van der Waals surface area contributed by atoms with Gasteiger partial charge in [-0.15, -0.1) is 0 Å². The molecule has 17 heavy (non-hydrogen) atoms. The van der Waals surface area contributed by atoms with E-state index in [1.54, 1.807) is 6.92 Å². The first-order valence-corrected chi connectivity index (χ1v) is 6.92. The number of hydrogen-bond donors (Lipinski definition) is 1. The molecule has 0 aliphatic carbocycles. The van der Waals surface area contributed by atoms with Crippen LogP contribution in [0, 0.1) is 0 Å². The van der Waals surface area contributed by atoms with E-state index in [1.807, 2.05) is 0 Å². The molecule has 0 spiro atoms. The minimum atomic E-state index is -4.31. The van der Waals surface area contributed by atoms with Gasteiger partial charge in [-0.25, -0.2) is 12.7 Å². The van der Waals surface area contributed by atoms with Gasteiger partial charge < -0.3 is 5.73 Å². The summed E-state index contributed by atoms with van der Waals surface area (Å²) in [7, 11) is -2.25. The molecule has 0 saturated carbocycles. The van der Waals surface area contributed by atoms with Gasteiger partial charge >= 0.3 is 6.18 Å². The zero-order valence-corrected chi connectivity index (χ0v) is 10.8. The molecule has 0 aromatic heterocycles. The van der Waals surface area contributed by atoms with Crippen molar-refractivity contribution in [3.63, 3.8) is 0 Å². The molecule has 0 bridgehead atoms. The summed E-state index contributed by atoms with van der Waals surface area (Å²) in [5.41, 5.74) is 5.47. The van der Waals surface area contributed by atoms with Crippen LogP contribution in [0.15, 0.2) is 0 Å². The highest BCUT2D eigenvalue weighted by Crippen LogP contribution is 2.21. The molecule has 0 rings (SSSR count). The summed E-state index contributed by atoms with van der Waals surface area (Å²) < 4.78 is 59.7. The van der Waals surface area contributed by atoms with Crippen molar-refractivity contribution in [2.24, 2.45) is 5.73 Å². The van der Waals surface area contributed by atoms with Crippen molar-refractivity contribution in [2.45, 2.75) is 38.4 Å². The highest BCUT2D eigenvalue weighted by atomic mass is 32.2. The van der Waals surface area contributed by atoms with Crippen LogP contribution in [0.25, 0.3) is 0 Å². The molecule has 0 fully saturated rings. The Morgan fingerprint density at radius 1 is 1.35 bits per heavy atom. The van der Waals surface area contributed by atoms with Gasteiger partial charge in [0.05, 0.1) is 5.75 Å². The third kappa shape index (κ3) is 8.39. The maximum absolute atomic E-state index is 11.9. The van der Waals surface area contributed by atoms with Crippen LogP contribution in [-0.2, 0) is 10.0 Å². The summed E-state index contributed by atoms with van der Waals surface area (Å²) in [5.74, 6) is -0.484. The number of sulfonamides is 1. The van der Waals surface area contributed by atoms with Gasteiger partial charge in [0, 0.05) is 26.1 Å². The van der Waals surface area contributed by atoms with Crippen molar-refractivity contribution < 1.29 is 21.6 Å². The van der Waals surface area contributed by atoms with E-state index in [0.717, 1.165) is 4.31 Å². The Hall–Kier alpha value is -0.340. The molecule has 4 nitrogen and oxygen atoms in total. The second kappa shape index (κ2) is 6.55. The average molecular weight is 276 g/mol. The lowest BCUT2D eigenvalue weighted by molar-refractivity contribution is -0.134. The van der Waals surface area contributed by atoms with E-state index in [0.29, 0.717) is 6.42 Å². The molecule has 104 valence electrons. The van der Waals surface area contributed by atoms with Crippen molar-refractivity contribution in [2.75, 3.05) is 19.3 Å². The zero-order valence-electron chi connectivity index (χ0n) is 10.00. The van der Waals surface area contributed by atoms with Gasteiger partial charge in [0.15, 0.2) is 0 Å². The summed E-state index contributed by atoms with van der Waals surface area (Å²) in [6.07, 6.45) is -5.31. The summed E-state index contributed by atoms with van der Waals surface area (Å²) in [6, 6.07) is -0.136. The van der Waals surface area contributed by atoms with Crippen LogP contribution in [-0.4, -0.2) is 44.3 Å². The van der Waals surface area contributed by atoms with Crippen LogP contribution in [0.1, 0.15) is 26.2 Å². The molecule has 0 radical (unpaired) electrons. The predicted octanol–water partition coefficient (Wildman–Crippen LogP) is 1.33. The third-order valence-corrected chi connectivity index (χ3v) is 4.17. The highest BCUT2D eigenvalue weighted by molar-refractivity contribution is 7.89. The second-order valence-corrected chi connectivity index (χ2v) is 6.32. The molecule has 0 saturated heterocycles. The lowest BCUT2D eigenvalue weighted by Gasteiger charge is -2.18. The molecule has 0 aromatic rings. The standard InChI is InChI=1S/C9H19F3N2O2S/c1-8(13)4-6-14(2)17(15,16)7-3-5-9(10,11)12/h8H,3-7,13H2,1-2H3. The van der Waals surface area contributed by atoms with Crippen molar-refractivity contribution in [1.82, 2.24) is 4.31 Å². The second-order valence-electron chi connectivity index (χ2n) is 4.12. The molecule has 0 aromatic carbocycles. The maximum Gasteiger partial charge on any atom is 0.389 e. The van der Waals surface area contributed by atoms with Crippen molar-refractivity contribution >= 4 is 10.0 Å². The van der Waals surface area contributed by atoms with E-state index in [4.69, 9.17) is 5.73 Å². The van der Waals surface area contributed by atoms with E-state index in [1.165, 1.54) is 7.05 Å². The molecule has 1 atom stereocenters. The smallest absolute Gasteiger partial charge is 0.328 e. The quantitative estimate of drug-likeness (QED) is 0.763. The Kier molecular flexibility index (Phi) is 6.42. The van der Waals surface area contributed by atoms with Gasteiger partial charge in [-0.3, -0.25) is 0 Å². The predicted molar refractivity (Wildman–Crippen MR) is 60.0 cm³/mol. The molecule has 2 N–H and O–H groups in total. The topological polar surface area (TPSA) is 63.4 Å². The first-order valence-electron chi connectivity index (χ1n) is 5.31. The van der Waals surface area contributed by atoms with E-state index in [-0.39, 0.29) is 12.6 Å². The van der Waals surface area contributed by atoms with Crippen LogP contribution >= 0.6 is 0 Å². The number of nitrogens with two attached hydrogens (primary N) is 1. The Morgan fingerprint density at radius 2 is 1.88 bits per heavy atom. The first-order chi connectivity index (χ1) is 7.54. The van der Waals surface area contributed by atoms with Crippen LogP contribution in [0.4, 0.5) is 13.2 Å². The van der Waals surface area contributed by atoms with E-state index < -0.39 is 34.8 Å². The molecule has 0 aliphatic rings. The van der Waals surface area contributed by atoms with E-state index in [2.05, 4.69) is 0 Å². The Labute approximate surface area is 100 Å². The zero-order chi connectivity index (χ0) is 13.7. The fourth-order valence-electron chi connectivity index (χ4n) is 1.14. The van der Waals surface area contributed by atoms with Gasteiger partial charge in [0.2, 0.25) is 10.0 Å². The average Bonchev–Trinajstić information content (AvgIpc) is 2.11. The molecular formula is C9H19F3N2O2S. The fourth-order valence-corrected chi connectivity index (χ4v) is 2.34. The maximum atomic E-state index is 11.9. The highest BCUT2D eigenvalue weighted by Gasteiger charge is 2.28. The summed E-state index contributed by atoms with van der Waals surface area (Å²) in [5, 5.41) is 0. The number of hydrogen-bond acceptors (Lipinski definition) is 3. The minimum absolute atomic E-state index is 0.136. The number of halogens is 3. The number of alkyl halides is 3. The summed E-state index contributed by atoms with van der Waals surface area (Å²) in [6.45, 7) is 1.97. The van der Waals surface area contributed by atoms with E-state index >= 15 is 0 Å². The Bertz CT molecular complexity index is 315. The van der Waals surface area contributed by atoms with Crippen molar-refractivity contribution in [1.29, 1.82) is 0 Å². The van der Waals surface area contributed by atoms with Gasteiger partial charge in [-0.2, -0.15) is 13.2 Å². The van der Waals surface area contributed by atoms with Gasteiger partial charge in [-0.05, 0) is 19.8 Å². The third-order valence-electron chi connectivity index (χ3n) is 2.24. The lowest BCUT2D eigenvalue weighted by Crippen LogP contribution is -2.33. The van der Waals surface area contributed by atoms with Crippen LogP contribution in [0.3, 0.4) is 0 Å². The summed E-state index contributed by atoms with van der Waals surface area (Å²) in [4.78, 5) is 0. The van der Waals surface area contributed by atoms with Crippen molar-refractivity contribution in [3.8, 4) is 0 Å². The Morgan fingerprint density at radius 3 is 2.29 bits per heavy atom. The van der Waals surface area contributed by atoms with Crippen molar-refractivity contribution in [3.05, 3.63) is 0 Å². The molecule has 8 heteroatoms. The number of nitrogens with zero attached hydrogens (tertiary/aromatic N) is 1. The SMILES string of the molecule is CC(N)CCN(C)S(=O)(=O)CCCC(F)(F)F. The fraction of sp³-hybridized carbons (Fsp3) is 1.00. The van der Waals surface area contributed by atoms with Gasteiger partial charge in [0.1, 0.15) is 0 Å². The molecule has 0 aliphatic heterocycles. The minimum Gasteiger partial charge on any atom is -0.328 e. The monoisotopic (exact) mass is 276 g/mol. The molecule has 0 amide bonds. The first kappa shape index (κ1) is 16.7. The van der Waals surface area contributed by atoms with Gasteiger partial charge in [0.25, 0.3) is 0 Å². The largest absolute Gasteiger partial charge is 0.389 e. The van der Waals surface area contributed by atoms with Crippen LogP contribution < -0.4 is 5.73 Å². The normalized spacial score (nSPS) is 15.2. The van der Waals surface area contributed by atoms with Crippen LogP contribution in [0.5, 0.6) is 0 Å². The molecular weight excluding hydrogens is 257 g/mol. The van der Waals surface area contributed by atoms with Gasteiger partial charge in [-0.1, -0.05) is 0 Å². The van der Waals surface area contributed by atoms with Crippen LogP contribution in [0.2, 0.25) is 0 Å². The number of rotatable bonds is 7.